The Balaban J connectivity index is 2.23. The number of anilines is 1. The monoisotopic (exact) mass is 256 g/mol. The largest absolute Gasteiger partial charge is 0.379 e. The van der Waals surface area contributed by atoms with Crippen LogP contribution in [0.3, 0.4) is 0 Å². The number of halogens is 2. The summed E-state index contributed by atoms with van der Waals surface area (Å²) in [4.78, 5) is 9.94. The van der Waals surface area contributed by atoms with E-state index < -0.39 is 22.2 Å². The van der Waals surface area contributed by atoms with E-state index in [0.717, 1.165) is 25.3 Å². The fraction of sp³-hybridized carbons (Fsp3) is 0.500. The first-order valence-corrected chi connectivity index (χ1v) is 5.85. The van der Waals surface area contributed by atoms with E-state index >= 15 is 0 Å². The molecule has 1 aliphatic rings. The maximum Gasteiger partial charge on any atom is 0.327 e. The molecule has 0 heterocycles. The predicted molar refractivity (Wildman–Crippen MR) is 63.5 cm³/mol. The standard InChI is InChI=1S/C12H14F2N2O2/c1-2-12(3-4-12)7-15-10-6-8(13)5-9(14)11(10)16(17)18/h5-6,15H,2-4,7H2,1H3. The molecule has 18 heavy (non-hydrogen) atoms. The van der Waals surface area contributed by atoms with Crippen LogP contribution < -0.4 is 5.32 Å². The molecule has 0 spiro atoms. The molecule has 0 radical (unpaired) electrons. The fourth-order valence-electron chi connectivity index (χ4n) is 2.00. The van der Waals surface area contributed by atoms with E-state index in [9.17, 15) is 18.9 Å². The molecule has 1 saturated carbocycles. The van der Waals surface area contributed by atoms with E-state index in [4.69, 9.17) is 0 Å². The van der Waals surface area contributed by atoms with Crippen LogP contribution >= 0.6 is 0 Å². The molecule has 0 unspecified atom stereocenters. The van der Waals surface area contributed by atoms with Gasteiger partial charge in [0.05, 0.1) is 4.92 Å². The minimum atomic E-state index is -1.15. The third kappa shape index (κ3) is 2.42. The average Bonchev–Trinajstić information content (AvgIpc) is 3.05. The fourth-order valence-corrected chi connectivity index (χ4v) is 2.00. The summed E-state index contributed by atoms with van der Waals surface area (Å²) in [5.74, 6) is -1.97. The first kappa shape index (κ1) is 12.7. The second-order valence-corrected chi connectivity index (χ2v) is 4.75. The molecular weight excluding hydrogens is 242 g/mol. The maximum atomic E-state index is 13.4. The van der Waals surface area contributed by atoms with Crippen molar-refractivity contribution >= 4 is 11.4 Å². The molecule has 1 N–H and O–H groups in total. The van der Waals surface area contributed by atoms with Gasteiger partial charge < -0.3 is 5.32 Å². The first-order valence-electron chi connectivity index (χ1n) is 5.85. The molecule has 1 aromatic rings. The van der Waals surface area contributed by atoms with E-state index in [1.165, 1.54) is 0 Å². The lowest BCUT2D eigenvalue weighted by molar-refractivity contribution is -0.386. The topological polar surface area (TPSA) is 55.2 Å². The van der Waals surface area contributed by atoms with Crippen molar-refractivity contribution in [1.82, 2.24) is 0 Å². The molecule has 0 amide bonds. The average molecular weight is 256 g/mol. The minimum absolute atomic E-state index is 0.0859. The summed E-state index contributed by atoms with van der Waals surface area (Å²) in [7, 11) is 0. The molecule has 0 aromatic heterocycles. The van der Waals surface area contributed by atoms with Crippen LogP contribution in [0.2, 0.25) is 0 Å². The van der Waals surface area contributed by atoms with Gasteiger partial charge in [-0.05, 0) is 24.7 Å². The zero-order valence-electron chi connectivity index (χ0n) is 10.0. The summed E-state index contributed by atoms with van der Waals surface area (Å²) in [6.45, 7) is 2.54. The van der Waals surface area contributed by atoms with Crippen LogP contribution in [0, 0.1) is 27.2 Å². The zero-order chi connectivity index (χ0) is 13.3. The van der Waals surface area contributed by atoms with E-state index in [1.807, 2.05) is 6.92 Å². The summed E-state index contributed by atoms with van der Waals surface area (Å²) < 4.78 is 26.4. The number of nitro benzene ring substituents is 1. The predicted octanol–water partition coefficient (Wildman–Crippen LogP) is 3.48. The van der Waals surface area contributed by atoms with Crippen molar-refractivity contribution in [2.75, 3.05) is 11.9 Å². The Morgan fingerprint density at radius 1 is 1.44 bits per heavy atom. The lowest BCUT2D eigenvalue weighted by Gasteiger charge is -2.14. The van der Waals surface area contributed by atoms with E-state index in [2.05, 4.69) is 5.32 Å². The summed E-state index contributed by atoms with van der Waals surface area (Å²) >= 11 is 0. The highest BCUT2D eigenvalue weighted by Crippen LogP contribution is 2.48. The molecule has 98 valence electrons. The van der Waals surface area contributed by atoms with Crippen molar-refractivity contribution in [3.63, 3.8) is 0 Å². The van der Waals surface area contributed by atoms with Crippen LogP contribution in [-0.2, 0) is 0 Å². The number of hydrogen-bond donors (Lipinski definition) is 1. The number of rotatable bonds is 5. The second-order valence-electron chi connectivity index (χ2n) is 4.75. The van der Waals surface area contributed by atoms with Gasteiger partial charge in [0, 0.05) is 18.7 Å². The minimum Gasteiger partial charge on any atom is -0.379 e. The Bertz CT molecular complexity index is 487. The second kappa shape index (κ2) is 4.51. The van der Waals surface area contributed by atoms with Gasteiger partial charge in [-0.3, -0.25) is 10.1 Å². The number of nitro groups is 1. The number of nitrogens with zero attached hydrogens (tertiary/aromatic N) is 1. The van der Waals surface area contributed by atoms with Gasteiger partial charge in [-0.25, -0.2) is 4.39 Å². The summed E-state index contributed by atoms with van der Waals surface area (Å²) in [5, 5.41) is 13.6. The Kier molecular flexibility index (Phi) is 3.19. The van der Waals surface area contributed by atoms with E-state index in [1.54, 1.807) is 0 Å². The van der Waals surface area contributed by atoms with Crippen LogP contribution in [0.1, 0.15) is 26.2 Å². The van der Waals surface area contributed by atoms with E-state index in [-0.39, 0.29) is 11.1 Å². The van der Waals surface area contributed by atoms with Gasteiger partial charge in [0.1, 0.15) is 11.5 Å². The number of hydrogen-bond acceptors (Lipinski definition) is 3. The molecule has 1 fully saturated rings. The smallest absolute Gasteiger partial charge is 0.327 e. The third-order valence-corrected chi connectivity index (χ3v) is 3.57. The quantitative estimate of drug-likeness (QED) is 0.648. The van der Waals surface area contributed by atoms with Crippen molar-refractivity contribution in [3.8, 4) is 0 Å². The molecule has 2 rings (SSSR count). The molecule has 1 aromatic carbocycles. The Labute approximate surface area is 103 Å². The van der Waals surface area contributed by atoms with Gasteiger partial charge >= 0.3 is 5.69 Å². The van der Waals surface area contributed by atoms with E-state index in [0.29, 0.717) is 12.6 Å². The molecular formula is C12H14F2N2O2. The molecule has 4 nitrogen and oxygen atoms in total. The molecule has 0 atom stereocenters. The van der Waals surface area contributed by atoms with Crippen molar-refractivity contribution in [2.45, 2.75) is 26.2 Å². The Hall–Kier alpha value is -1.72. The van der Waals surface area contributed by atoms with Crippen LogP contribution in [0.25, 0.3) is 0 Å². The summed E-state index contributed by atoms with van der Waals surface area (Å²) in [6.07, 6.45) is 3.04. The highest BCUT2D eigenvalue weighted by molar-refractivity contribution is 5.62. The van der Waals surface area contributed by atoms with Crippen molar-refractivity contribution in [2.24, 2.45) is 5.41 Å². The number of benzene rings is 1. The lowest BCUT2D eigenvalue weighted by atomic mass is 10.0. The zero-order valence-corrected chi connectivity index (χ0v) is 10.0. The Morgan fingerprint density at radius 3 is 2.61 bits per heavy atom. The van der Waals surface area contributed by atoms with Crippen LogP contribution in [0.15, 0.2) is 12.1 Å². The Morgan fingerprint density at radius 2 is 2.11 bits per heavy atom. The van der Waals surface area contributed by atoms with Gasteiger partial charge in [0.25, 0.3) is 0 Å². The third-order valence-electron chi connectivity index (χ3n) is 3.57. The normalized spacial score (nSPS) is 16.4. The van der Waals surface area contributed by atoms with Crippen molar-refractivity contribution in [3.05, 3.63) is 33.9 Å². The van der Waals surface area contributed by atoms with Gasteiger partial charge in [-0.2, -0.15) is 4.39 Å². The van der Waals surface area contributed by atoms with Crippen LogP contribution in [-0.4, -0.2) is 11.5 Å². The molecule has 0 aliphatic heterocycles. The summed E-state index contributed by atoms with van der Waals surface area (Å²) in [5.41, 5.74) is -0.642. The molecule has 1 aliphatic carbocycles. The van der Waals surface area contributed by atoms with Gasteiger partial charge in [-0.15, -0.1) is 0 Å². The van der Waals surface area contributed by atoms with Gasteiger partial charge in [0.15, 0.2) is 0 Å². The SMILES string of the molecule is CCC1(CNc2cc(F)cc(F)c2[N+](=O)[O-])CC1. The first-order chi connectivity index (χ1) is 8.47. The maximum absolute atomic E-state index is 13.4. The number of nitrogens with one attached hydrogen (secondary N) is 1. The van der Waals surface area contributed by atoms with Gasteiger partial charge in [-0.1, -0.05) is 6.92 Å². The van der Waals surface area contributed by atoms with Crippen molar-refractivity contribution in [1.29, 1.82) is 0 Å². The van der Waals surface area contributed by atoms with Crippen LogP contribution in [0.5, 0.6) is 0 Å². The van der Waals surface area contributed by atoms with Crippen molar-refractivity contribution < 1.29 is 13.7 Å². The summed E-state index contributed by atoms with van der Waals surface area (Å²) in [6, 6.07) is 1.49. The van der Waals surface area contributed by atoms with Gasteiger partial charge in [0.2, 0.25) is 5.82 Å². The highest BCUT2D eigenvalue weighted by Gasteiger charge is 2.40. The van der Waals surface area contributed by atoms with Crippen LogP contribution in [0.4, 0.5) is 20.2 Å². The molecule has 0 saturated heterocycles. The highest BCUT2D eigenvalue weighted by atomic mass is 19.1. The molecule has 0 bridgehead atoms. The molecule has 6 heteroatoms. The lowest BCUT2D eigenvalue weighted by Crippen LogP contribution is -2.15.